The van der Waals surface area contributed by atoms with E-state index in [-0.39, 0.29) is 11.0 Å². The predicted molar refractivity (Wildman–Crippen MR) is 54.2 cm³/mol. The molecule has 1 saturated carbocycles. The highest BCUT2D eigenvalue weighted by Crippen LogP contribution is 2.45. The van der Waals surface area contributed by atoms with Gasteiger partial charge in [0.1, 0.15) is 5.82 Å². The van der Waals surface area contributed by atoms with E-state index in [2.05, 4.69) is 16.9 Å². The summed E-state index contributed by atoms with van der Waals surface area (Å²) < 4.78 is 0.653. The van der Waals surface area contributed by atoms with E-state index < -0.39 is 0 Å². The predicted octanol–water partition coefficient (Wildman–Crippen LogP) is 1.43. The van der Waals surface area contributed by atoms with Crippen LogP contribution in [-0.4, -0.2) is 9.97 Å². The van der Waals surface area contributed by atoms with Crippen LogP contribution in [0, 0.1) is 3.57 Å². The fourth-order valence-electron chi connectivity index (χ4n) is 1.11. The second-order valence-corrected chi connectivity index (χ2v) is 4.63. The summed E-state index contributed by atoms with van der Waals surface area (Å²) >= 11 is 1.98. The van der Waals surface area contributed by atoms with Crippen molar-refractivity contribution in [1.82, 2.24) is 9.97 Å². The molecule has 1 heterocycles. The number of hydrogen-bond acceptors (Lipinski definition) is 2. The van der Waals surface area contributed by atoms with Gasteiger partial charge in [-0.25, -0.2) is 4.98 Å². The maximum absolute atomic E-state index is 11.2. The number of hydrogen-bond donors (Lipinski definition) is 1. The summed E-state index contributed by atoms with van der Waals surface area (Å²) in [7, 11) is 0. The molecule has 1 aliphatic rings. The summed E-state index contributed by atoms with van der Waals surface area (Å²) in [5.41, 5.74) is 0.137. The molecule has 0 spiro atoms. The highest BCUT2D eigenvalue weighted by molar-refractivity contribution is 14.1. The van der Waals surface area contributed by atoms with Crippen LogP contribution in [0.15, 0.2) is 11.0 Å². The summed E-state index contributed by atoms with van der Waals surface area (Å²) in [6, 6.07) is 0. The second kappa shape index (κ2) is 2.55. The smallest absolute Gasteiger partial charge is 0.264 e. The van der Waals surface area contributed by atoms with Crippen LogP contribution < -0.4 is 5.56 Å². The molecule has 3 nitrogen and oxygen atoms in total. The van der Waals surface area contributed by atoms with Crippen molar-refractivity contribution in [1.29, 1.82) is 0 Å². The lowest BCUT2D eigenvalue weighted by molar-refractivity contribution is 0.700. The Bertz CT molecular complexity index is 368. The van der Waals surface area contributed by atoms with Gasteiger partial charge in [0.2, 0.25) is 0 Å². The number of nitrogens with zero attached hydrogens (tertiary/aromatic N) is 1. The van der Waals surface area contributed by atoms with Gasteiger partial charge in [0.05, 0.1) is 3.57 Å². The molecule has 0 radical (unpaired) electrons. The summed E-state index contributed by atoms with van der Waals surface area (Å²) in [5, 5.41) is 0. The third-order valence-corrected chi connectivity index (χ3v) is 3.10. The van der Waals surface area contributed by atoms with E-state index >= 15 is 0 Å². The van der Waals surface area contributed by atoms with Crippen molar-refractivity contribution < 1.29 is 0 Å². The molecule has 1 aromatic rings. The first-order chi connectivity index (χ1) is 5.62. The van der Waals surface area contributed by atoms with E-state index in [1.54, 1.807) is 6.20 Å². The molecule has 0 amide bonds. The number of H-pyrrole nitrogens is 1. The number of aromatic amines is 1. The standard InChI is InChI=1S/C8H9IN2O/c1-8(2-3-8)7-10-4-5(9)6(12)11-7/h4H,2-3H2,1H3,(H,10,11,12). The Kier molecular flexibility index (Phi) is 1.75. The minimum atomic E-state index is -0.0197. The Labute approximate surface area is 83.7 Å². The highest BCUT2D eigenvalue weighted by Gasteiger charge is 2.41. The lowest BCUT2D eigenvalue weighted by Gasteiger charge is -2.05. The molecule has 4 heteroatoms. The molecule has 0 atom stereocenters. The number of rotatable bonds is 1. The lowest BCUT2D eigenvalue weighted by atomic mass is 10.1. The molecule has 1 N–H and O–H groups in total. The van der Waals surface area contributed by atoms with E-state index in [1.807, 2.05) is 22.6 Å². The Morgan fingerprint density at radius 3 is 2.83 bits per heavy atom. The van der Waals surface area contributed by atoms with Gasteiger partial charge >= 0.3 is 0 Å². The van der Waals surface area contributed by atoms with E-state index in [0.717, 1.165) is 18.7 Å². The minimum Gasteiger partial charge on any atom is -0.309 e. The molecule has 1 aromatic heterocycles. The van der Waals surface area contributed by atoms with Crippen LogP contribution in [0.5, 0.6) is 0 Å². The fraction of sp³-hybridized carbons (Fsp3) is 0.500. The Morgan fingerprint density at radius 1 is 1.67 bits per heavy atom. The van der Waals surface area contributed by atoms with Gasteiger partial charge in [0.15, 0.2) is 0 Å². The van der Waals surface area contributed by atoms with Crippen LogP contribution >= 0.6 is 22.6 Å². The van der Waals surface area contributed by atoms with E-state index in [0.29, 0.717) is 3.57 Å². The van der Waals surface area contributed by atoms with Gasteiger partial charge in [0.25, 0.3) is 5.56 Å². The molecule has 0 saturated heterocycles. The Hall–Kier alpha value is -0.390. The first-order valence-corrected chi connectivity index (χ1v) is 4.95. The zero-order valence-corrected chi connectivity index (χ0v) is 8.88. The Balaban J connectivity index is 2.48. The normalized spacial score (nSPS) is 19.2. The van der Waals surface area contributed by atoms with Gasteiger partial charge in [0, 0.05) is 11.6 Å². The Morgan fingerprint density at radius 2 is 2.33 bits per heavy atom. The van der Waals surface area contributed by atoms with Crippen molar-refractivity contribution in [3.05, 3.63) is 25.9 Å². The van der Waals surface area contributed by atoms with E-state index in [1.165, 1.54) is 0 Å². The van der Waals surface area contributed by atoms with Gasteiger partial charge in [-0.05, 0) is 35.4 Å². The van der Waals surface area contributed by atoms with Gasteiger partial charge in [-0.3, -0.25) is 4.79 Å². The van der Waals surface area contributed by atoms with Crippen LogP contribution in [0.4, 0.5) is 0 Å². The van der Waals surface area contributed by atoms with Crippen LogP contribution in [0.3, 0.4) is 0 Å². The number of halogens is 1. The molecule has 12 heavy (non-hydrogen) atoms. The summed E-state index contributed by atoms with van der Waals surface area (Å²) in [6.45, 7) is 2.12. The maximum Gasteiger partial charge on any atom is 0.264 e. The molecule has 0 bridgehead atoms. The van der Waals surface area contributed by atoms with Crippen molar-refractivity contribution in [2.75, 3.05) is 0 Å². The van der Waals surface area contributed by atoms with Crippen LogP contribution in [0.1, 0.15) is 25.6 Å². The molecule has 1 fully saturated rings. The topological polar surface area (TPSA) is 45.8 Å². The first kappa shape index (κ1) is 8.22. The third-order valence-electron chi connectivity index (χ3n) is 2.33. The second-order valence-electron chi connectivity index (χ2n) is 3.47. The third kappa shape index (κ3) is 1.28. The number of aromatic nitrogens is 2. The van der Waals surface area contributed by atoms with Gasteiger partial charge < -0.3 is 4.98 Å². The van der Waals surface area contributed by atoms with Crippen LogP contribution in [-0.2, 0) is 5.41 Å². The molecule has 2 rings (SSSR count). The lowest BCUT2D eigenvalue weighted by Crippen LogP contribution is -2.18. The van der Waals surface area contributed by atoms with Crippen molar-refractivity contribution >= 4 is 22.6 Å². The van der Waals surface area contributed by atoms with Crippen molar-refractivity contribution in [3.8, 4) is 0 Å². The SMILES string of the molecule is CC1(c2ncc(I)c(=O)[nH]2)CC1. The quantitative estimate of drug-likeness (QED) is 0.789. The molecule has 0 unspecified atom stereocenters. The molecule has 0 aliphatic heterocycles. The first-order valence-electron chi connectivity index (χ1n) is 3.87. The van der Waals surface area contributed by atoms with E-state index in [9.17, 15) is 4.79 Å². The van der Waals surface area contributed by atoms with Gasteiger partial charge in [-0.15, -0.1) is 0 Å². The highest BCUT2D eigenvalue weighted by atomic mass is 127. The van der Waals surface area contributed by atoms with Crippen LogP contribution in [0.25, 0.3) is 0 Å². The molecular weight excluding hydrogens is 267 g/mol. The van der Waals surface area contributed by atoms with Crippen molar-refractivity contribution in [3.63, 3.8) is 0 Å². The largest absolute Gasteiger partial charge is 0.309 e. The minimum absolute atomic E-state index is 0.0197. The zero-order chi connectivity index (χ0) is 8.77. The monoisotopic (exact) mass is 276 g/mol. The summed E-state index contributed by atoms with van der Waals surface area (Å²) in [4.78, 5) is 18.2. The fourth-order valence-corrected chi connectivity index (χ4v) is 1.38. The zero-order valence-electron chi connectivity index (χ0n) is 6.72. The molecular formula is C8H9IN2O. The van der Waals surface area contributed by atoms with Gasteiger partial charge in [-0.2, -0.15) is 0 Å². The molecule has 1 aliphatic carbocycles. The van der Waals surface area contributed by atoms with Crippen molar-refractivity contribution in [2.24, 2.45) is 0 Å². The maximum atomic E-state index is 11.2. The summed E-state index contributed by atoms with van der Waals surface area (Å²) in [6.07, 6.45) is 3.91. The number of nitrogens with one attached hydrogen (secondary N) is 1. The molecule has 0 aromatic carbocycles. The van der Waals surface area contributed by atoms with E-state index in [4.69, 9.17) is 0 Å². The van der Waals surface area contributed by atoms with Gasteiger partial charge in [-0.1, -0.05) is 6.92 Å². The average Bonchev–Trinajstić information content (AvgIpc) is 2.75. The summed E-state index contributed by atoms with van der Waals surface area (Å²) in [5.74, 6) is 0.841. The molecule has 64 valence electrons. The van der Waals surface area contributed by atoms with Crippen molar-refractivity contribution in [2.45, 2.75) is 25.2 Å². The average molecular weight is 276 g/mol. The van der Waals surface area contributed by atoms with Crippen LogP contribution in [0.2, 0.25) is 0 Å².